The van der Waals surface area contributed by atoms with Crippen LogP contribution in [0.15, 0.2) is 18.2 Å². The highest BCUT2D eigenvalue weighted by atomic mass is 19.1. The van der Waals surface area contributed by atoms with Crippen molar-refractivity contribution in [2.75, 3.05) is 25.5 Å². The van der Waals surface area contributed by atoms with Crippen LogP contribution in [0.3, 0.4) is 0 Å². The first-order valence-corrected chi connectivity index (χ1v) is 5.86. The van der Waals surface area contributed by atoms with Crippen LogP contribution in [0.2, 0.25) is 0 Å². The number of benzene rings is 1. The van der Waals surface area contributed by atoms with Crippen LogP contribution >= 0.6 is 0 Å². The molecule has 4 nitrogen and oxygen atoms in total. The van der Waals surface area contributed by atoms with Crippen molar-refractivity contribution in [3.63, 3.8) is 0 Å². The highest BCUT2D eigenvalue weighted by molar-refractivity contribution is 5.95. The minimum atomic E-state index is -0.507. The molecule has 0 aliphatic carbocycles. The number of morpholine rings is 1. The fraction of sp³-hybridized carbons (Fsp3) is 0.462. The number of carbonyl (C=O) groups is 1. The van der Waals surface area contributed by atoms with Gasteiger partial charge >= 0.3 is 0 Å². The number of amides is 1. The molecule has 0 atom stereocenters. The number of carbonyl (C=O) groups excluding carboxylic acids is 1. The summed E-state index contributed by atoms with van der Waals surface area (Å²) in [4.78, 5) is 14.1. The Hall–Kier alpha value is -1.62. The van der Waals surface area contributed by atoms with Crippen molar-refractivity contribution in [3.05, 3.63) is 29.6 Å². The van der Waals surface area contributed by atoms with Crippen LogP contribution in [0.25, 0.3) is 0 Å². The van der Waals surface area contributed by atoms with E-state index >= 15 is 0 Å². The lowest BCUT2D eigenvalue weighted by molar-refractivity contribution is -0.0370. The second-order valence-corrected chi connectivity index (χ2v) is 5.06. The number of rotatable bonds is 1. The molecule has 1 aromatic carbocycles. The molecular weight excluding hydrogens is 235 g/mol. The number of ether oxygens (including phenoxy) is 1. The van der Waals surface area contributed by atoms with Crippen molar-refractivity contribution in [1.29, 1.82) is 0 Å². The first-order chi connectivity index (χ1) is 8.42. The van der Waals surface area contributed by atoms with Gasteiger partial charge < -0.3 is 15.4 Å². The smallest absolute Gasteiger partial charge is 0.254 e. The molecule has 1 fully saturated rings. The molecule has 0 radical (unpaired) electrons. The number of halogens is 1. The number of hydrogen-bond donors (Lipinski definition) is 1. The maximum atomic E-state index is 13.1. The van der Waals surface area contributed by atoms with Crippen molar-refractivity contribution in [3.8, 4) is 0 Å². The lowest BCUT2D eigenvalue weighted by atomic mass is 10.0. The highest BCUT2D eigenvalue weighted by Gasteiger charge is 2.34. The Balaban J connectivity index is 2.27. The third-order valence-electron chi connectivity index (χ3n) is 3.13. The summed E-state index contributed by atoms with van der Waals surface area (Å²) in [6, 6.07) is 4.05. The van der Waals surface area contributed by atoms with Crippen LogP contribution in [-0.4, -0.2) is 36.1 Å². The first kappa shape index (κ1) is 12.8. The third-order valence-corrected chi connectivity index (χ3v) is 3.13. The summed E-state index contributed by atoms with van der Waals surface area (Å²) in [5, 5.41) is 0. The quantitative estimate of drug-likeness (QED) is 0.773. The Morgan fingerprint density at radius 1 is 1.50 bits per heavy atom. The van der Waals surface area contributed by atoms with Gasteiger partial charge in [-0.05, 0) is 32.0 Å². The Morgan fingerprint density at radius 2 is 2.22 bits per heavy atom. The maximum absolute atomic E-state index is 13.1. The summed E-state index contributed by atoms with van der Waals surface area (Å²) in [7, 11) is 0. The van der Waals surface area contributed by atoms with Gasteiger partial charge in [0.05, 0.1) is 24.4 Å². The molecule has 0 unspecified atom stereocenters. The standard InChI is InChI=1S/C13H17FN2O2/c1-13(2)8-18-6-5-16(13)12(17)9-3-4-10(14)11(15)7-9/h3-4,7H,5-6,8,15H2,1-2H3. The van der Waals surface area contributed by atoms with Gasteiger partial charge in [0.2, 0.25) is 0 Å². The van der Waals surface area contributed by atoms with Crippen LogP contribution in [-0.2, 0) is 4.74 Å². The normalized spacial score (nSPS) is 18.7. The molecule has 1 aliphatic rings. The molecule has 0 spiro atoms. The number of nitrogens with zero attached hydrogens (tertiary/aromatic N) is 1. The second-order valence-electron chi connectivity index (χ2n) is 5.06. The first-order valence-electron chi connectivity index (χ1n) is 5.86. The van der Waals surface area contributed by atoms with E-state index in [1.807, 2.05) is 13.8 Å². The van der Waals surface area contributed by atoms with E-state index in [2.05, 4.69) is 0 Å². The topological polar surface area (TPSA) is 55.6 Å². The molecule has 98 valence electrons. The van der Waals surface area contributed by atoms with Gasteiger partial charge in [0.25, 0.3) is 5.91 Å². The molecule has 2 rings (SSSR count). The molecule has 1 heterocycles. The summed E-state index contributed by atoms with van der Waals surface area (Å²) in [5.41, 5.74) is 5.52. The van der Waals surface area contributed by atoms with Crippen LogP contribution in [0.1, 0.15) is 24.2 Å². The second kappa shape index (κ2) is 4.57. The summed E-state index contributed by atoms with van der Waals surface area (Å²) < 4.78 is 18.5. The van der Waals surface area contributed by atoms with E-state index in [1.54, 1.807) is 4.90 Å². The van der Waals surface area contributed by atoms with Gasteiger partial charge in [-0.15, -0.1) is 0 Å². The van der Waals surface area contributed by atoms with Crippen molar-refractivity contribution < 1.29 is 13.9 Å². The van der Waals surface area contributed by atoms with Crippen LogP contribution in [0, 0.1) is 5.82 Å². The predicted octanol–water partition coefficient (Wildman–Crippen LogP) is 1.66. The lowest BCUT2D eigenvalue weighted by Crippen LogP contribution is -2.55. The summed E-state index contributed by atoms with van der Waals surface area (Å²) in [6.45, 7) is 5.43. The third kappa shape index (κ3) is 2.31. The number of anilines is 1. The van der Waals surface area contributed by atoms with Crippen LogP contribution in [0.4, 0.5) is 10.1 Å². The molecule has 5 heteroatoms. The van der Waals surface area contributed by atoms with E-state index in [4.69, 9.17) is 10.5 Å². The molecule has 1 aromatic rings. The predicted molar refractivity (Wildman–Crippen MR) is 66.7 cm³/mol. The monoisotopic (exact) mass is 252 g/mol. The number of nitrogens with two attached hydrogens (primary N) is 1. The largest absolute Gasteiger partial charge is 0.396 e. The Labute approximate surface area is 106 Å². The van der Waals surface area contributed by atoms with Gasteiger partial charge in [0.15, 0.2) is 0 Å². The van der Waals surface area contributed by atoms with Crippen LogP contribution in [0.5, 0.6) is 0 Å². The summed E-state index contributed by atoms with van der Waals surface area (Å²) in [5.74, 6) is -0.650. The van der Waals surface area contributed by atoms with E-state index in [0.29, 0.717) is 25.3 Å². The van der Waals surface area contributed by atoms with Gasteiger partial charge in [-0.3, -0.25) is 4.79 Å². The molecule has 1 saturated heterocycles. The van der Waals surface area contributed by atoms with E-state index in [-0.39, 0.29) is 17.1 Å². The maximum Gasteiger partial charge on any atom is 0.254 e. The minimum absolute atomic E-state index is 0.00749. The summed E-state index contributed by atoms with van der Waals surface area (Å²) in [6.07, 6.45) is 0. The summed E-state index contributed by atoms with van der Waals surface area (Å²) >= 11 is 0. The van der Waals surface area contributed by atoms with E-state index < -0.39 is 5.82 Å². The molecule has 1 aliphatic heterocycles. The SMILES string of the molecule is CC1(C)COCCN1C(=O)c1ccc(F)c(N)c1. The highest BCUT2D eigenvalue weighted by Crippen LogP contribution is 2.23. The van der Waals surface area contributed by atoms with Gasteiger partial charge in [-0.25, -0.2) is 4.39 Å². The van der Waals surface area contributed by atoms with E-state index in [0.717, 1.165) is 0 Å². The molecule has 0 saturated carbocycles. The fourth-order valence-corrected chi connectivity index (χ4v) is 2.07. The molecule has 2 N–H and O–H groups in total. The Bertz CT molecular complexity index is 474. The number of nitrogen functional groups attached to an aromatic ring is 1. The van der Waals surface area contributed by atoms with Gasteiger partial charge in [-0.1, -0.05) is 0 Å². The van der Waals surface area contributed by atoms with Gasteiger partial charge in [0.1, 0.15) is 5.82 Å². The van der Waals surface area contributed by atoms with Crippen LogP contribution < -0.4 is 5.73 Å². The zero-order valence-electron chi connectivity index (χ0n) is 10.6. The molecule has 0 bridgehead atoms. The molecular formula is C13H17FN2O2. The number of hydrogen-bond acceptors (Lipinski definition) is 3. The van der Waals surface area contributed by atoms with Gasteiger partial charge in [0, 0.05) is 12.1 Å². The lowest BCUT2D eigenvalue weighted by Gasteiger charge is -2.42. The average Bonchev–Trinajstić information content (AvgIpc) is 2.31. The zero-order chi connectivity index (χ0) is 13.3. The van der Waals surface area contributed by atoms with Crippen molar-refractivity contribution in [2.24, 2.45) is 0 Å². The molecule has 18 heavy (non-hydrogen) atoms. The van der Waals surface area contributed by atoms with E-state index in [1.165, 1.54) is 18.2 Å². The van der Waals surface area contributed by atoms with Crippen molar-refractivity contribution >= 4 is 11.6 Å². The van der Waals surface area contributed by atoms with Gasteiger partial charge in [-0.2, -0.15) is 0 Å². The average molecular weight is 252 g/mol. The van der Waals surface area contributed by atoms with E-state index in [9.17, 15) is 9.18 Å². The van der Waals surface area contributed by atoms with Crippen molar-refractivity contribution in [2.45, 2.75) is 19.4 Å². The molecule has 1 amide bonds. The zero-order valence-corrected chi connectivity index (χ0v) is 10.6. The Kier molecular flexibility index (Phi) is 3.26. The fourth-order valence-electron chi connectivity index (χ4n) is 2.07. The molecule has 0 aromatic heterocycles. The Morgan fingerprint density at radius 3 is 2.83 bits per heavy atom. The minimum Gasteiger partial charge on any atom is -0.396 e. The van der Waals surface area contributed by atoms with Crippen molar-refractivity contribution in [1.82, 2.24) is 4.90 Å².